The van der Waals surface area contributed by atoms with Crippen molar-refractivity contribution in [3.05, 3.63) is 29.6 Å². The Kier molecular flexibility index (Phi) is 4.83. The van der Waals surface area contributed by atoms with Gasteiger partial charge < -0.3 is 15.8 Å². The monoisotopic (exact) mass is 294 g/mol. The quantitative estimate of drug-likeness (QED) is 0.897. The largest absolute Gasteiger partial charge is 0.493 e. The first-order valence-electron chi connectivity index (χ1n) is 7.46. The molecule has 0 saturated carbocycles. The van der Waals surface area contributed by atoms with Crippen LogP contribution in [-0.2, 0) is 4.79 Å². The molecule has 1 aliphatic rings. The first-order chi connectivity index (χ1) is 9.94. The van der Waals surface area contributed by atoms with E-state index in [0.29, 0.717) is 18.8 Å². The first-order valence-corrected chi connectivity index (χ1v) is 7.46. The Labute approximate surface area is 124 Å². The van der Waals surface area contributed by atoms with Crippen LogP contribution in [0.4, 0.5) is 4.39 Å². The predicted molar refractivity (Wildman–Crippen MR) is 79.5 cm³/mol. The van der Waals surface area contributed by atoms with Crippen LogP contribution in [0.25, 0.3) is 0 Å². The third kappa shape index (κ3) is 3.73. The number of fused-ring (bicyclic) bond motifs is 1. The SMILES string of the molecule is CCCC(C)(N)C(=O)NC1CCCOc2cc(F)ccc21. The summed E-state index contributed by atoms with van der Waals surface area (Å²) in [5.74, 6) is -0.00564. The standard InChI is InChI=1S/C16H23FN2O2/c1-3-8-16(2,18)15(20)19-13-5-4-9-21-14-10-11(17)6-7-12(13)14/h6-7,10,13H,3-5,8-9,18H2,1-2H3,(H,19,20). The Balaban J connectivity index is 2.19. The van der Waals surface area contributed by atoms with Gasteiger partial charge in [-0.05, 0) is 32.3 Å². The molecular weight excluding hydrogens is 271 g/mol. The number of halogens is 1. The minimum atomic E-state index is -0.887. The van der Waals surface area contributed by atoms with E-state index in [0.717, 1.165) is 24.8 Å². The third-order valence-electron chi connectivity index (χ3n) is 3.84. The van der Waals surface area contributed by atoms with Gasteiger partial charge in [-0.25, -0.2) is 4.39 Å². The summed E-state index contributed by atoms with van der Waals surface area (Å²) in [6.07, 6.45) is 3.03. The summed E-state index contributed by atoms with van der Waals surface area (Å²) >= 11 is 0. The van der Waals surface area contributed by atoms with Crippen LogP contribution < -0.4 is 15.8 Å². The zero-order chi connectivity index (χ0) is 15.5. The van der Waals surface area contributed by atoms with Crippen LogP contribution in [0.1, 0.15) is 51.1 Å². The molecule has 2 atom stereocenters. The van der Waals surface area contributed by atoms with Gasteiger partial charge in [0.1, 0.15) is 11.6 Å². The van der Waals surface area contributed by atoms with Crippen molar-refractivity contribution in [2.75, 3.05) is 6.61 Å². The van der Waals surface area contributed by atoms with E-state index in [1.165, 1.54) is 12.1 Å². The molecule has 3 N–H and O–H groups in total. The maximum Gasteiger partial charge on any atom is 0.240 e. The number of carbonyl (C=O) groups is 1. The van der Waals surface area contributed by atoms with Crippen molar-refractivity contribution >= 4 is 5.91 Å². The van der Waals surface area contributed by atoms with E-state index in [1.54, 1.807) is 13.0 Å². The van der Waals surface area contributed by atoms with Crippen molar-refractivity contribution in [1.82, 2.24) is 5.32 Å². The fourth-order valence-corrected chi connectivity index (χ4v) is 2.65. The lowest BCUT2D eigenvalue weighted by atomic mass is 9.94. The molecule has 116 valence electrons. The number of ether oxygens (including phenoxy) is 1. The van der Waals surface area contributed by atoms with Gasteiger partial charge in [-0.2, -0.15) is 0 Å². The smallest absolute Gasteiger partial charge is 0.240 e. The van der Waals surface area contributed by atoms with Gasteiger partial charge in [0, 0.05) is 11.6 Å². The molecule has 1 aliphatic heterocycles. The number of nitrogens with two attached hydrogens (primary N) is 1. The number of carbonyl (C=O) groups excluding carboxylic acids is 1. The Morgan fingerprint density at radius 1 is 1.57 bits per heavy atom. The minimum Gasteiger partial charge on any atom is -0.493 e. The second kappa shape index (κ2) is 6.43. The molecule has 2 unspecified atom stereocenters. The van der Waals surface area contributed by atoms with E-state index >= 15 is 0 Å². The van der Waals surface area contributed by atoms with Gasteiger partial charge in [0.05, 0.1) is 18.2 Å². The van der Waals surface area contributed by atoms with E-state index in [-0.39, 0.29) is 17.8 Å². The summed E-state index contributed by atoms with van der Waals surface area (Å²) in [5, 5.41) is 2.99. The second-order valence-electron chi connectivity index (χ2n) is 5.87. The highest BCUT2D eigenvalue weighted by Gasteiger charge is 2.30. The van der Waals surface area contributed by atoms with Gasteiger partial charge in [-0.1, -0.05) is 19.4 Å². The molecule has 2 rings (SSSR count). The van der Waals surface area contributed by atoms with Crippen molar-refractivity contribution in [2.45, 2.75) is 51.1 Å². The lowest BCUT2D eigenvalue weighted by Crippen LogP contribution is -2.52. The molecule has 0 aromatic heterocycles. The van der Waals surface area contributed by atoms with Gasteiger partial charge >= 0.3 is 0 Å². The van der Waals surface area contributed by atoms with Crippen molar-refractivity contribution in [3.8, 4) is 5.75 Å². The summed E-state index contributed by atoms with van der Waals surface area (Å²) < 4.78 is 18.9. The lowest BCUT2D eigenvalue weighted by molar-refractivity contribution is -0.126. The van der Waals surface area contributed by atoms with Gasteiger partial charge in [0.15, 0.2) is 0 Å². The Bertz CT molecular complexity index is 517. The molecule has 0 radical (unpaired) electrons. The average Bonchev–Trinajstić information content (AvgIpc) is 2.60. The Hall–Kier alpha value is -1.62. The zero-order valence-corrected chi connectivity index (χ0v) is 12.6. The van der Waals surface area contributed by atoms with Gasteiger partial charge in [0.25, 0.3) is 0 Å². The van der Waals surface area contributed by atoms with Crippen LogP contribution in [0, 0.1) is 5.82 Å². The molecule has 0 fully saturated rings. The Morgan fingerprint density at radius 2 is 2.33 bits per heavy atom. The molecule has 21 heavy (non-hydrogen) atoms. The highest BCUT2D eigenvalue weighted by atomic mass is 19.1. The summed E-state index contributed by atoms with van der Waals surface area (Å²) in [6.45, 7) is 4.26. The number of amides is 1. The molecule has 0 spiro atoms. The average molecular weight is 294 g/mol. The lowest BCUT2D eigenvalue weighted by Gasteiger charge is -2.27. The fourth-order valence-electron chi connectivity index (χ4n) is 2.65. The van der Waals surface area contributed by atoms with E-state index in [1.807, 2.05) is 6.92 Å². The van der Waals surface area contributed by atoms with Crippen LogP contribution in [0.15, 0.2) is 18.2 Å². The Morgan fingerprint density at radius 3 is 3.05 bits per heavy atom. The van der Waals surface area contributed by atoms with Crippen molar-refractivity contribution < 1.29 is 13.9 Å². The molecule has 1 amide bonds. The maximum atomic E-state index is 13.3. The molecule has 5 heteroatoms. The number of rotatable bonds is 4. The van der Waals surface area contributed by atoms with E-state index < -0.39 is 5.54 Å². The third-order valence-corrected chi connectivity index (χ3v) is 3.84. The fraction of sp³-hybridized carbons (Fsp3) is 0.562. The molecule has 1 aromatic rings. The molecule has 0 saturated heterocycles. The van der Waals surface area contributed by atoms with Crippen molar-refractivity contribution in [2.24, 2.45) is 5.73 Å². The summed E-state index contributed by atoms with van der Waals surface area (Å²) in [6, 6.07) is 4.25. The topological polar surface area (TPSA) is 64.4 Å². The number of hydrogen-bond donors (Lipinski definition) is 2. The number of nitrogens with one attached hydrogen (secondary N) is 1. The summed E-state index contributed by atoms with van der Waals surface area (Å²) in [5.41, 5.74) is 6.00. The second-order valence-corrected chi connectivity index (χ2v) is 5.87. The van der Waals surface area contributed by atoms with Gasteiger partial charge in [-0.3, -0.25) is 4.79 Å². The summed E-state index contributed by atoms with van der Waals surface area (Å²) in [7, 11) is 0. The highest BCUT2D eigenvalue weighted by Crippen LogP contribution is 2.32. The zero-order valence-electron chi connectivity index (χ0n) is 12.6. The molecule has 0 bridgehead atoms. The van der Waals surface area contributed by atoms with Crippen LogP contribution in [0.5, 0.6) is 5.75 Å². The number of benzene rings is 1. The van der Waals surface area contributed by atoms with Crippen molar-refractivity contribution in [3.63, 3.8) is 0 Å². The highest BCUT2D eigenvalue weighted by molar-refractivity contribution is 5.86. The van der Waals surface area contributed by atoms with Crippen LogP contribution in [0.2, 0.25) is 0 Å². The molecule has 1 aromatic carbocycles. The van der Waals surface area contributed by atoms with Crippen LogP contribution in [-0.4, -0.2) is 18.1 Å². The van der Waals surface area contributed by atoms with Gasteiger partial charge in [0.2, 0.25) is 5.91 Å². The predicted octanol–water partition coefficient (Wildman–Crippen LogP) is 2.67. The van der Waals surface area contributed by atoms with E-state index in [9.17, 15) is 9.18 Å². The van der Waals surface area contributed by atoms with Gasteiger partial charge in [-0.15, -0.1) is 0 Å². The van der Waals surface area contributed by atoms with E-state index in [4.69, 9.17) is 10.5 Å². The van der Waals surface area contributed by atoms with Crippen molar-refractivity contribution in [1.29, 1.82) is 0 Å². The minimum absolute atomic E-state index is 0.175. The first kappa shape index (κ1) is 15.8. The maximum absolute atomic E-state index is 13.3. The van der Waals surface area contributed by atoms with E-state index in [2.05, 4.69) is 5.32 Å². The molecule has 4 nitrogen and oxygen atoms in total. The molecular formula is C16H23FN2O2. The van der Waals surface area contributed by atoms with Crippen LogP contribution in [0.3, 0.4) is 0 Å². The molecule has 1 heterocycles. The summed E-state index contributed by atoms with van der Waals surface area (Å²) in [4.78, 5) is 12.4. The normalized spacial score (nSPS) is 20.7. The molecule has 0 aliphatic carbocycles. The number of hydrogen-bond acceptors (Lipinski definition) is 3. The van der Waals surface area contributed by atoms with Crippen LogP contribution >= 0.6 is 0 Å².